The summed E-state index contributed by atoms with van der Waals surface area (Å²) in [7, 11) is 0. The molecule has 22 heavy (non-hydrogen) atoms. The van der Waals surface area contributed by atoms with E-state index in [4.69, 9.17) is 5.73 Å². The fourth-order valence-corrected chi connectivity index (χ4v) is 2.99. The van der Waals surface area contributed by atoms with E-state index < -0.39 is 0 Å². The molecule has 114 valence electrons. The summed E-state index contributed by atoms with van der Waals surface area (Å²) in [5.41, 5.74) is 8.40. The fraction of sp³-hybridized carbons (Fsp3) is 0.333. The highest BCUT2D eigenvalue weighted by Crippen LogP contribution is 2.27. The van der Waals surface area contributed by atoms with Crippen molar-refractivity contribution in [1.82, 2.24) is 9.88 Å². The second kappa shape index (κ2) is 6.60. The molecule has 0 spiro atoms. The van der Waals surface area contributed by atoms with Gasteiger partial charge in [-0.3, -0.25) is 9.78 Å². The SMILES string of the molecule is Nc1ccc(CC(=O)N2CCC(c3ccccc3)CC2)nc1. The molecule has 0 radical (unpaired) electrons. The predicted octanol–water partition coefficient (Wildman–Crippen LogP) is 2.61. The summed E-state index contributed by atoms with van der Waals surface area (Å²) in [6.45, 7) is 1.65. The average molecular weight is 295 g/mol. The molecule has 1 fully saturated rings. The van der Waals surface area contributed by atoms with Crippen molar-refractivity contribution in [2.45, 2.75) is 25.2 Å². The number of anilines is 1. The van der Waals surface area contributed by atoms with E-state index in [1.165, 1.54) is 5.56 Å². The maximum absolute atomic E-state index is 12.4. The van der Waals surface area contributed by atoms with Gasteiger partial charge in [-0.25, -0.2) is 0 Å². The van der Waals surface area contributed by atoms with E-state index in [2.05, 4.69) is 29.2 Å². The van der Waals surface area contributed by atoms with Crippen molar-refractivity contribution in [3.63, 3.8) is 0 Å². The minimum Gasteiger partial charge on any atom is -0.397 e. The standard InChI is InChI=1S/C18H21N3O/c19-16-6-7-17(20-13-16)12-18(22)21-10-8-15(9-11-21)14-4-2-1-3-5-14/h1-7,13,15H,8-12,19H2. The molecule has 0 saturated carbocycles. The summed E-state index contributed by atoms with van der Waals surface area (Å²) in [6, 6.07) is 14.2. The van der Waals surface area contributed by atoms with E-state index in [1.807, 2.05) is 17.0 Å². The molecular weight excluding hydrogens is 274 g/mol. The molecule has 2 N–H and O–H groups in total. The normalized spacial score (nSPS) is 15.7. The molecule has 1 aliphatic heterocycles. The van der Waals surface area contributed by atoms with Gasteiger partial charge in [0.15, 0.2) is 0 Å². The third-order valence-corrected chi connectivity index (χ3v) is 4.30. The minimum atomic E-state index is 0.156. The van der Waals surface area contributed by atoms with Crippen LogP contribution in [0.4, 0.5) is 5.69 Å². The number of hydrogen-bond donors (Lipinski definition) is 1. The Bertz CT molecular complexity index is 617. The first-order chi connectivity index (χ1) is 10.7. The Hall–Kier alpha value is -2.36. The number of piperidine rings is 1. The second-order valence-corrected chi connectivity index (χ2v) is 5.83. The Morgan fingerprint density at radius 1 is 1.14 bits per heavy atom. The lowest BCUT2D eigenvalue weighted by Crippen LogP contribution is -2.38. The Morgan fingerprint density at radius 3 is 2.50 bits per heavy atom. The van der Waals surface area contributed by atoms with Crippen LogP contribution in [-0.2, 0) is 11.2 Å². The van der Waals surface area contributed by atoms with Crippen molar-refractivity contribution < 1.29 is 4.79 Å². The molecule has 1 saturated heterocycles. The maximum atomic E-state index is 12.4. The van der Waals surface area contributed by atoms with Crippen LogP contribution in [0.15, 0.2) is 48.7 Å². The summed E-state index contributed by atoms with van der Waals surface area (Å²) < 4.78 is 0. The summed E-state index contributed by atoms with van der Waals surface area (Å²) in [5.74, 6) is 0.726. The second-order valence-electron chi connectivity index (χ2n) is 5.83. The zero-order valence-electron chi connectivity index (χ0n) is 12.6. The molecule has 3 rings (SSSR count). The third kappa shape index (κ3) is 3.45. The van der Waals surface area contributed by atoms with E-state index >= 15 is 0 Å². The lowest BCUT2D eigenvalue weighted by Gasteiger charge is -2.32. The van der Waals surface area contributed by atoms with Crippen molar-refractivity contribution in [3.05, 3.63) is 59.9 Å². The first-order valence-corrected chi connectivity index (χ1v) is 7.75. The van der Waals surface area contributed by atoms with Crippen LogP contribution in [0.25, 0.3) is 0 Å². The number of rotatable bonds is 3. The van der Waals surface area contributed by atoms with Crippen molar-refractivity contribution in [1.29, 1.82) is 0 Å². The number of carbonyl (C=O) groups excluding carboxylic acids is 1. The molecule has 0 atom stereocenters. The number of nitrogens with zero attached hydrogens (tertiary/aromatic N) is 2. The molecule has 2 heterocycles. The van der Waals surface area contributed by atoms with E-state index in [0.717, 1.165) is 31.6 Å². The number of aromatic nitrogens is 1. The monoisotopic (exact) mass is 295 g/mol. The number of amides is 1. The Morgan fingerprint density at radius 2 is 1.86 bits per heavy atom. The maximum Gasteiger partial charge on any atom is 0.228 e. The van der Waals surface area contributed by atoms with E-state index in [0.29, 0.717) is 18.0 Å². The fourth-order valence-electron chi connectivity index (χ4n) is 2.99. The summed E-state index contributed by atoms with van der Waals surface area (Å²) in [5, 5.41) is 0. The molecule has 2 aromatic rings. The molecule has 1 amide bonds. The minimum absolute atomic E-state index is 0.156. The van der Waals surface area contributed by atoms with Crippen LogP contribution in [0.3, 0.4) is 0 Å². The summed E-state index contributed by atoms with van der Waals surface area (Å²) in [4.78, 5) is 18.5. The zero-order chi connectivity index (χ0) is 15.4. The Kier molecular flexibility index (Phi) is 4.37. The molecule has 1 aromatic heterocycles. The quantitative estimate of drug-likeness (QED) is 0.947. The van der Waals surface area contributed by atoms with Crippen molar-refractivity contribution >= 4 is 11.6 Å². The van der Waals surface area contributed by atoms with Gasteiger partial charge in [0, 0.05) is 18.8 Å². The van der Waals surface area contributed by atoms with Gasteiger partial charge in [0.2, 0.25) is 5.91 Å². The van der Waals surface area contributed by atoms with Gasteiger partial charge >= 0.3 is 0 Å². The first-order valence-electron chi connectivity index (χ1n) is 7.75. The van der Waals surface area contributed by atoms with Crippen LogP contribution in [0, 0.1) is 0 Å². The van der Waals surface area contributed by atoms with Crippen LogP contribution in [0.2, 0.25) is 0 Å². The average Bonchev–Trinajstić information content (AvgIpc) is 2.58. The molecule has 1 aromatic carbocycles. The number of nitrogens with two attached hydrogens (primary N) is 1. The highest BCUT2D eigenvalue weighted by Gasteiger charge is 2.23. The van der Waals surface area contributed by atoms with Crippen molar-refractivity contribution in [3.8, 4) is 0 Å². The smallest absolute Gasteiger partial charge is 0.228 e. The van der Waals surface area contributed by atoms with Crippen LogP contribution in [0.1, 0.15) is 30.0 Å². The lowest BCUT2D eigenvalue weighted by molar-refractivity contribution is -0.131. The number of pyridine rings is 1. The van der Waals surface area contributed by atoms with Crippen molar-refractivity contribution in [2.75, 3.05) is 18.8 Å². The van der Waals surface area contributed by atoms with E-state index in [9.17, 15) is 4.79 Å². The van der Waals surface area contributed by atoms with Gasteiger partial charge in [-0.05, 0) is 36.5 Å². The highest BCUT2D eigenvalue weighted by atomic mass is 16.2. The lowest BCUT2D eigenvalue weighted by atomic mass is 9.89. The molecular formula is C18H21N3O. The van der Waals surface area contributed by atoms with Crippen LogP contribution < -0.4 is 5.73 Å². The van der Waals surface area contributed by atoms with Crippen LogP contribution in [0.5, 0.6) is 0 Å². The summed E-state index contributed by atoms with van der Waals surface area (Å²) in [6.07, 6.45) is 4.02. The van der Waals surface area contributed by atoms with Gasteiger partial charge in [-0.15, -0.1) is 0 Å². The number of hydrogen-bond acceptors (Lipinski definition) is 3. The van der Waals surface area contributed by atoms with Crippen LogP contribution >= 0.6 is 0 Å². The van der Waals surface area contributed by atoms with E-state index in [-0.39, 0.29) is 5.91 Å². The van der Waals surface area contributed by atoms with Gasteiger partial charge in [-0.2, -0.15) is 0 Å². The largest absolute Gasteiger partial charge is 0.397 e. The highest BCUT2D eigenvalue weighted by molar-refractivity contribution is 5.78. The number of benzene rings is 1. The molecule has 0 aliphatic carbocycles. The summed E-state index contributed by atoms with van der Waals surface area (Å²) >= 11 is 0. The van der Waals surface area contributed by atoms with Crippen molar-refractivity contribution in [2.24, 2.45) is 0 Å². The number of carbonyl (C=O) groups is 1. The van der Waals surface area contributed by atoms with Gasteiger partial charge < -0.3 is 10.6 Å². The van der Waals surface area contributed by atoms with Gasteiger partial charge in [0.1, 0.15) is 0 Å². The molecule has 4 nitrogen and oxygen atoms in total. The van der Waals surface area contributed by atoms with Gasteiger partial charge in [0.05, 0.1) is 18.3 Å². The Balaban J connectivity index is 1.54. The number of nitrogen functional groups attached to an aromatic ring is 1. The predicted molar refractivity (Wildman–Crippen MR) is 87.4 cm³/mol. The van der Waals surface area contributed by atoms with Crippen LogP contribution in [-0.4, -0.2) is 28.9 Å². The molecule has 1 aliphatic rings. The van der Waals surface area contributed by atoms with Gasteiger partial charge in [0.25, 0.3) is 0 Å². The number of likely N-dealkylation sites (tertiary alicyclic amines) is 1. The molecule has 0 unspecified atom stereocenters. The van der Waals surface area contributed by atoms with Gasteiger partial charge in [-0.1, -0.05) is 30.3 Å². The molecule has 4 heteroatoms. The first kappa shape index (κ1) is 14.6. The Labute approximate surface area is 131 Å². The topological polar surface area (TPSA) is 59.2 Å². The molecule has 0 bridgehead atoms. The zero-order valence-corrected chi connectivity index (χ0v) is 12.6. The van der Waals surface area contributed by atoms with E-state index in [1.54, 1.807) is 12.3 Å². The third-order valence-electron chi connectivity index (χ3n) is 4.30.